The molecule has 19 heavy (non-hydrogen) atoms. The van der Waals surface area contributed by atoms with Crippen LogP contribution in [-0.4, -0.2) is 64.4 Å². The molecule has 1 aliphatic heterocycles. The third-order valence-corrected chi connectivity index (χ3v) is 4.06. The summed E-state index contributed by atoms with van der Waals surface area (Å²) in [6.45, 7) is 2.76. The fourth-order valence-corrected chi connectivity index (χ4v) is 2.44. The molecule has 0 aromatic rings. The summed E-state index contributed by atoms with van der Waals surface area (Å²) in [4.78, 5) is 24.5. The maximum atomic E-state index is 12.0. The lowest BCUT2D eigenvalue weighted by Crippen LogP contribution is -2.53. The van der Waals surface area contributed by atoms with Gasteiger partial charge in [0.15, 0.2) is 0 Å². The fourth-order valence-electron chi connectivity index (χ4n) is 1.97. The Labute approximate surface area is 117 Å². The molecule has 1 saturated heterocycles. The van der Waals surface area contributed by atoms with Crippen molar-refractivity contribution >= 4 is 23.8 Å². The molecule has 110 valence electrons. The molecule has 0 saturated carbocycles. The normalized spacial score (nSPS) is 24.9. The SMILES string of the molecule is CSCC[C@H](NC(=O)N1CCC(C)C(O)C1)C(=O)O. The topological polar surface area (TPSA) is 89.9 Å². The Hall–Kier alpha value is -0.950. The van der Waals surface area contributed by atoms with Crippen LogP contribution >= 0.6 is 11.8 Å². The van der Waals surface area contributed by atoms with E-state index in [4.69, 9.17) is 5.11 Å². The maximum absolute atomic E-state index is 12.0. The number of rotatable bonds is 5. The predicted molar refractivity (Wildman–Crippen MR) is 74.3 cm³/mol. The number of carbonyl (C=O) groups is 2. The minimum atomic E-state index is -1.02. The molecular weight excluding hydrogens is 268 g/mol. The molecular formula is C12H22N2O4S. The third kappa shape index (κ3) is 4.91. The highest BCUT2D eigenvalue weighted by atomic mass is 32.2. The van der Waals surface area contributed by atoms with Crippen LogP contribution in [0.25, 0.3) is 0 Å². The first-order valence-electron chi connectivity index (χ1n) is 6.41. The molecule has 1 fully saturated rings. The molecule has 7 heteroatoms. The van der Waals surface area contributed by atoms with Crippen molar-refractivity contribution in [2.45, 2.75) is 31.9 Å². The standard InChI is InChI=1S/C12H22N2O4S/c1-8-3-5-14(7-10(8)15)12(18)13-9(11(16)17)4-6-19-2/h8-10,15H,3-7H2,1-2H3,(H,13,18)(H,16,17)/t8?,9-,10?/m0/s1. The molecule has 0 bridgehead atoms. The van der Waals surface area contributed by atoms with E-state index in [0.29, 0.717) is 18.7 Å². The van der Waals surface area contributed by atoms with Gasteiger partial charge in [0.05, 0.1) is 6.10 Å². The number of likely N-dealkylation sites (tertiary alicyclic amines) is 1. The van der Waals surface area contributed by atoms with Gasteiger partial charge in [0.2, 0.25) is 0 Å². The van der Waals surface area contributed by atoms with Gasteiger partial charge in [-0.25, -0.2) is 9.59 Å². The Bertz CT molecular complexity index is 327. The number of thioether (sulfide) groups is 1. The number of urea groups is 1. The number of nitrogens with zero attached hydrogens (tertiary/aromatic N) is 1. The number of carboxylic acids is 1. The van der Waals surface area contributed by atoms with Gasteiger partial charge in [-0.1, -0.05) is 6.92 Å². The van der Waals surface area contributed by atoms with Crippen molar-refractivity contribution in [3.05, 3.63) is 0 Å². The largest absolute Gasteiger partial charge is 0.480 e. The van der Waals surface area contributed by atoms with Gasteiger partial charge in [-0.3, -0.25) is 0 Å². The number of hydrogen-bond acceptors (Lipinski definition) is 4. The van der Waals surface area contributed by atoms with Crippen LogP contribution in [0.15, 0.2) is 0 Å². The summed E-state index contributed by atoms with van der Waals surface area (Å²) >= 11 is 1.54. The van der Waals surface area contributed by atoms with E-state index in [0.717, 1.165) is 6.42 Å². The van der Waals surface area contributed by atoms with Crippen molar-refractivity contribution in [1.82, 2.24) is 10.2 Å². The quantitative estimate of drug-likeness (QED) is 0.690. The summed E-state index contributed by atoms with van der Waals surface area (Å²) in [5.74, 6) is -0.166. The zero-order chi connectivity index (χ0) is 14.4. The maximum Gasteiger partial charge on any atom is 0.326 e. The van der Waals surface area contributed by atoms with E-state index in [-0.39, 0.29) is 12.5 Å². The summed E-state index contributed by atoms with van der Waals surface area (Å²) in [6.07, 6.45) is 2.49. The second-order valence-electron chi connectivity index (χ2n) is 4.90. The number of piperidine rings is 1. The Morgan fingerprint density at radius 1 is 1.53 bits per heavy atom. The number of aliphatic carboxylic acids is 1. The van der Waals surface area contributed by atoms with E-state index < -0.39 is 24.1 Å². The molecule has 3 atom stereocenters. The van der Waals surface area contributed by atoms with E-state index in [1.54, 1.807) is 11.8 Å². The molecule has 1 heterocycles. The zero-order valence-electron chi connectivity index (χ0n) is 11.3. The summed E-state index contributed by atoms with van der Waals surface area (Å²) in [6, 6.07) is -1.27. The van der Waals surface area contributed by atoms with Crippen LogP contribution in [0.3, 0.4) is 0 Å². The van der Waals surface area contributed by atoms with Crippen LogP contribution in [0.2, 0.25) is 0 Å². The van der Waals surface area contributed by atoms with Crippen molar-refractivity contribution < 1.29 is 19.8 Å². The van der Waals surface area contributed by atoms with E-state index in [1.165, 1.54) is 4.90 Å². The second-order valence-corrected chi connectivity index (χ2v) is 5.89. The highest BCUT2D eigenvalue weighted by molar-refractivity contribution is 7.98. The van der Waals surface area contributed by atoms with Gasteiger partial charge in [0.1, 0.15) is 6.04 Å². The van der Waals surface area contributed by atoms with E-state index in [2.05, 4.69) is 5.32 Å². The Kier molecular flexibility index (Phi) is 6.44. The first kappa shape index (κ1) is 16.1. The minimum absolute atomic E-state index is 0.177. The monoisotopic (exact) mass is 290 g/mol. The Morgan fingerprint density at radius 3 is 2.74 bits per heavy atom. The zero-order valence-corrected chi connectivity index (χ0v) is 12.2. The number of nitrogens with one attached hydrogen (secondary N) is 1. The summed E-state index contributed by atoms with van der Waals surface area (Å²) < 4.78 is 0. The van der Waals surface area contributed by atoms with E-state index >= 15 is 0 Å². The number of aliphatic hydroxyl groups is 1. The van der Waals surface area contributed by atoms with Gasteiger partial charge in [0.25, 0.3) is 0 Å². The van der Waals surface area contributed by atoms with Crippen molar-refractivity contribution in [3.8, 4) is 0 Å². The lowest BCUT2D eigenvalue weighted by Gasteiger charge is -2.34. The molecule has 1 aliphatic rings. The third-order valence-electron chi connectivity index (χ3n) is 3.41. The number of carbonyl (C=O) groups excluding carboxylic acids is 1. The summed E-state index contributed by atoms with van der Waals surface area (Å²) in [5.41, 5.74) is 0. The average Bonchev–Trinajstić information content (AvgIpc) is 2.37. The lowest BCUT2D eigenvalue weighted by atomic mass is 9.96. The summed E-state index contributed by atoms with van der Waals surface area (Å²) in [5, 5.41) is 21.3. The Balaban J connectivity index is 2.50. The van der Waals surface area contributed by atoms with Gasteiger partial charge >= 0.3 is 12.0 Å². The molecule has 2 amide bonds. The van der Waals surface area contributed by atoms with Gasteiger partial charge in [-0.05, 0) is 30.8 Å². The highest BCUT2D eigenvalue weighted by Crippen LogP contribution is 2.17. The van der Waals surface area contributed by atoms with Crippen LogP contribution in [0.4, 0.5) is 4.79 Å². The van der Waals surface area contributed by atoms with Crippen LogP contribution in [0, 0.1) is 5.92 Å². The fraction of sp³-hybridized carbons (Fsp3) is 0.833. The first-order valence-corrected chi connectivity index (χ1v) is 7.80. The molecule has 6 nitrogen and oxygen atoms in total. The van der Waals surface area contributed by atoms with Crippen molar-refractivity contribution in [2.24, 2.45) is 5.92 Å². The van der Waals surface area contributed by atoms with Gasteiger partial charge in [0, 0.05) is 13.1 Å². The number of β-amino-alcohol motifs (C(OH)–C–C–N with tert-alkyl or cyclic N) is 1. The van der Waals surface area contributed by atoms with Crippen molar-refractivity contribution in [3.63, 3.8) is 0 Å². The minimum Gasteiger partial charge on any atom is -0.480 e. The number of aliphatic hydroxyl groups excluding tert-OH is 1. The number of amides is 2. The number of carboxylic acid groups (broad SMARTS) is 1. The van der Waals surface area contributed by atoms with Crippen molar-refractivity contribution in [2.75, 3.05) is 25.1 Å². The van der Waals surface area contributed by atoms with Gasteiger partial charge in [-0.2, -0.15) is 11.8 Å². The first-order chi connectivity index (χ1) is 8.95. The molecule has 3 N–H and O–H groups in total. The predicted octanol–water partition coefficient (Wildman–Crippen LogP) is 0.605. The van der Waals surface area contributed by atoms with E-state index in [1.807, 2.05) is 13.2 Å². The highest BCUT2D eigenvalue weighted by Gasteiger charge is 2.29. The van der Waals surface area contributed by atoms with Crippen LogP contribution in [-0.2, 0) is 4.79 Å². The van der Waals surface area contributed by atoms with E-state index in [9.17, 15) is 14.7 Å². The molecule has 2 unspecified atom stereocenters. The average molecular weight is 290 g/mol. The molecule has 0 spiro atoms. The smallest absolute Gasteiger partial charge is 0.326 e. The molecule has 0 aromatic heterocycles. The number of hydrogen-bond donors (Lipinski definition) is 3. The molecule has 0 aromatic carbocycles. The molecule has 0 aliphatic carbocycles. The molecule has 1 rings (SSSR count). The Morgan fingerprint density at radius 2 is 2.21 bits per heavy atom. The van der Waals surface area contributed by atoms with Crippen LogP contribution < -0.4 is 5.32 Å². The van der Waals surface area contributed by atoms with Crippen molar-refractivity contribution in [1.29, 1.82) is 0 Å². The van der Waals surface area contributed by atoms with Gasteiger partial charge < -0.3 is 20.4 Å². The summed E-state index contributed by atoms with van der Waals surface area (Å²) in [7, 11) is 0. The van der Waals surface area contributed by atoms with Crippen LogP contribution in [0.1, 0.15) is 19.8 Å². The van der Waals surface area contributed by atoms with Gasteiger partial charge in [-0.15, -0.1) is 0 Å². The molecule has 0 radical (unpaired) electrons. The van der Waals surface area contributed by atoms with Crippen LogP contribution in [0.5, 0.6) is 0 Å². The lowest BCUT2D eigenvalue weighted by molar-refractivity contribution is -0.139. The second kappa shape index (κ2) is 7.59.